The number of hydrogen-bond donors (Lipinski definition) is 3. The first-order valence-corrected chi connectivity index (χ1v) is 23.1. The Morgan fingerprint density at radius 3 is 1.54 bits per heavy atom. The fraction of sp³-hybridized carbons (Fsp3) is 0.540. The van der Waals surface area contributed by atoms with Gasteiger partial charge in [0, 0.05) is 68.1 Å². The summed E-state index contributed by atoms with van der Waals surface area (Å²) in [5.41, 5.74) is 12.7. The molecule has 4 heterocycles. The van der Waals surface area contributed by atoms with Crippen molar-refractivity contribution in [3.63, 3.8) is 0 Å². The summed E-state index contributed by atoms with van der Waals surface area (Å²) in [5, 5.41) is 28.6. The number of methoxy groups -OCH3 is 2. The molecule has 1 radical (unpaired) electrons. The Morgan fingerprint density at radius 1 is 0.603 bits per heavy atom. The number of aliphatic carboxylic acids is 1. The second-order valence-electron chi connectivity index (χ2n) is 15.5. The van der Waals surface area contributed by atoms with Crippen molar-refractivity contribution in [2.45, 2.75) is 73.1 Å². The van der Waals surface area contributed by atoms with E-state index in [0.29, 0.717) is 120 Å². The summed E-state index contributed by atoms with van der Waals surface area (Å²) in [6.45, 7) is 14.5. The molecule has 375 valence electrons. The molecule has 18 heteroatoms. The van der Waals surface area contributed by atoms with Crippen LogP contribution in [0, 0.1) is 6.92 Å². The first-order chi connectivity index (χ1) is 32.6. The number of aryl methyl sites for hydroxylation is 2. The molecule has 2 aliphatic rings. The number of aromatic amines is 1. The molecule has 0 amide bonds. The minimum absolute atomic E-state index is 0. The van der Waals surface area contributed by atoms with Crippen LogP contribution in [0.4, 0.5) is 0 Å². The maximum absolute atomic E-state index is 9.86. The molecular weight excluding hydrogens is 918 g/mol. The average Bonchev–Trinajstić information content (AvgIpc) is 3.91. The van der Waals surface area contributed by atoms with Gasteiger partial charge in [-0.05, 0) is 105 Å². The molecule has 0 unspecified atom stereocenters. The van der Waals surface area contributed by atoms with E-state index in [0.717, 1.165) is 70.2 Å². The quantitative estimate of drug-likeness (QED) is 0.0571. The molecular formula is C50H70MnN5O12-. The maximum Gasteiger partial charge on any atom is 0.163 e. The molecule has 0 saturated heterocycles. The zero-order valence-electron chi connectivity index (χ0n) is 40.7. The molecule has 0 aliphatic carbocycles. The number of rotatable bonds is 28. The number of carbonyl (C=O) groups is 1. The molecule has 0 saturated carbocycles. The fourth-order valence-corrected chi connectivity index (χ4v) is 7.41. The number of fused-ring (bicyclic) bond motifs is 7. The zero-order valence-corrected chi connectivity index (χ0v) is 41.9. The third kappa shape index (κ3) is 18.1. The number of carbonyl (C=O) groups excluding carboxylic acids is 1. The van der Waals surface area contributed by atoms with Crippen LogP contribution in [0.1, 0.15) is 93.7 Å². The first kappa shape index (κ1) is 57.7. The summed E-state index contributed by atoms with van der Waals surface area (Å²) in [7, 11) is 3.28. The van der Waals surface area contributed by atoms with Gasteiger partial charge in [-0.15, -0.1) is 0 Å². The van der Waals surface area contributed by atoms with Crippen molar-refractivity contribution < 1.29 is 75.1 Å². The van der Waals surface area contributed by atoms with Gasteiger partial charge in [-0.25, -0.2) is 9.97 Å². The molecule has 3 aromatic rings. The van der Waals surface area contributed by atoms with Crippen molar-refractivity contribution in [1.82, 2.24) is 24.9 Å². The minimum atomic E-state index is -1.08. The van der Waals surface area contributed by atoms with Gasteiger partial charge in [-0.1, -0.05) is 13.8 Å². The summed E-state index contributed by atoms with van der Waals surface area (Å²) in [4.78, 5) is 32.9. The molecule has 2 aliphatic heterocycles. The number of carboxylic acids is 1. The maximum atomic E-state index is 9.86. The molecule has 3 N–H and O–H groups in total. The minimum Gasteiger partial charge on any atom is -0.550 e. The van der Waals surface area contributed by atoms with E-state index in [2.05, 4.69) is 37.9 Å². The predicted molar refractivity (Wildman–Crippen MR) is 256 cm³/mol. The molecule has 0 spiro atoms. The van der Waals surface area contributed by atoms with Crippen molar-refractivity contribution in [3.05, 3.63) is 70.6 Å². The Kier molecular flexibility index (Phi) is 27.4. The Labute approximate surface area is 410 Å². The SMILES string of the molecule is CC(=O)[O-].CCC1=C(CC)c2cc3[nH]c(cnc4cc(OCCOCCOCCOC)c(OCCOCCOCCOC)cc4ncc4nc(cc1n2)C(CCCO)=C4C)c(C)c3CCCO.[Mn]. The fourth-order valence-electron chi connectivity index (χ4n) is 7.41. The van der Waals surface area contributed by atoms with Gasteiger partial charge in [-0.3, -0.25) is 9.97 Å². The van der Waals surface area contributed by atoms with E-state index in [1.807, 2.05) is 25.3 Å². The number of ether oxygens (including phenoxy) is 8. The van der Waals surface area contributed by atoms with E-state index in [-0.39, 0.29) is 43.5 Å². The number of aliphatic hydroxyl groups is 2. The second kappa shape index (κ2) is 32.3. The van der Waals surface area contributed by atoms with Crippen molar-refractivity contribution in [3.8, 4) is 11.5 Å². The molecule has 2 aromatic heterocycles. The monoisotopic (exact) mass is 987 g/mol. The number of benzene rings is 1. The predicted octanol–water partition coefficient (Wildman–Crippen LogP) is 5.88. The van der Waals surface area contributed by atoms with Gasteiger partial charge in [0.25, 0.3) is 0 Å². The van der Waals surface area contributed by atoms with Gasteiger partial charge in [0.15, 0.2) is 11.5 Å². The first-order valence-electron chi connectivity index (χ1n) is 23.1. The number of aliphatic hydroxyl groups excluding tert-OH is 2. The van der Waals surface area contributed by atoms with E-state index < -0.39 is 5.97 Å². The Hall–Kier alpha value is -4.59. The standard InChI is InChI=1S/C48H67N5O10.C2H4O2.Mn/c1-7-35-36(8-2)40-28-42-38(12-10-14-55)34(4)46(53-42)32-50-44-30-48(63-26-24-61-22-20-59-18-16-57-6)47(62-25-23-60-21-19-58-17-15-56-5)29-43(44)49-31-45-33(3)37(11-9-13-54)41(52-45)27-39(35)51-40;1-2(3)4;/h27-32,52,54-55H,7-26H2,1-6H3;1H3,(H,3,4);/p-1. The average molecular weight is 988 g/mol. The summed E-state index contributed by atoms with van der Waals surface area (Å²) in [5.74, 6) is -0.145. The van der Waals surface area contributed by atoms with E-state index in [1.54, 1.807) is 20.4 Å². The van der Waals surface area contributed by atoms with Gasteiger partial charge in [0.2, 0.25) is 0 Å². The summed E-state index contributed by atoms with van der Waals surface area (Å²) >= 11 is 0. The van der Waals surface area contributed by atoms with Crippen molar-refractivity contribution in [2.24, 2.45) is 0 Å². The van der Waals surface area contributed by atoms with Crippen molar-refractivity contribution in [2.75, 3.05) is 107 Å². The molecule has 5 rings (SSSR count). The molecule has 0 fully saturated rings. The van der Waals surface area contributed by atoms with Crippen LogP contribution in [-0.2, 0) is 56.7 Å². The number of carboxylic acid groups (broad SMARTS) is 1. The number of nitrogens with one attached hydrogen (secondary N) is 1. The van der Waals surface area contributed by atoms with E-state index >= 15 is 0 Å². The van der Waals surface area contributed by atoms with Crippen LogP contribution in [0.3, 0.4) is 0 Å². The third-order valence-corrected chi connectivity index (χ3v) is 10.8. The second-order valence-corrected chi connectivity index (χ2v) is 15.5. The topological polar surface area (TPSA) is 222 Å². The van der Waals surface area contributed by atoms with Gasteiger partial charge in [-0.2, -0.15) is 0 Å². The van der Waals surface area contributed by atoms with Crippen LogP contribution in [-0.4, -0.2) is 148 Å². The summed E-state index contributed by atoms with van der Waals surface area (Å²) < 4.78 is 45.3. The molecule has 17 nitrogen and oxygen atoms in total. The van der Waals surface area contributed by atoms with Gasteiger partial charge >= 0.3 is 0 Å². The van der Waals surface area contributed by atoms with E-state index in [1.165, 1.54) is 11.1 Å². The van der Waals surface area contributed by atoms with Crippen LogP contribution < -0.4 is 14.6 Å². The number of allylic oxidation sites excluding steroid dienone is 4. The van der Waals surface area contributed by atoms with E-state index in [9.17, 15) is 10.2 Å². The molecule has 0 atom stereocenters. The van der Waals surface area contributed by atoms with Crippen LogP contribution in [0.25, 0.3) is 44.4 Å². The number of aromatic nitrogens is 5. The summed E-state index contributed by atoms with van der Waals surface area (Å²) in [6, 6.07) is 7.87. The Balaban J connectivity index is 0.00000235. The largest absolute Gasteiger partial charge is 0.550 e. The molecule has 68 heavy (non-hydrogen) atoms. The van der Waals surface area contributed by atoms with Crippen LogP contribution in [0.2, 0.25) is 0 Å². The Bertz CT molecular complexity index is 2300. The molecule has 6 bridgehead atoms. The van der Waals surface area contributed by atoms with Crippen LogP contribution in [0.5, 0.6) is 11.5 Å². The van der Waals surface area contributed by atoms with Crippen LogP contribution in [0.15, 0.2) is 36.7 Å². The number of nitrogens with zero attached hydrogens (tertiary/aromatic N) is 4. The third-order valence-electron chi connectivity index (χ3n) is 10.8. The number of hydrogen-bond acceptors (Lipinski definition) is 16. The van der Waals surface area contributed by atoms with Gasteiger partial charge in [0.05, 0.1) is 118 Å². The van der Waals surface area contributed by atoms with Crippen molar-refractivity contribution >= 4 is 50.3 Å². The Morgan fingerprint density at radius 2 is 1.04 bits per heavy atom. The normalized spacial score (nSPS) is 12.1. The van der Waals surface area contributed by atoms with Crippen molar-refractivity contribution in [1.29, 1.82) is 0 Å². The molecule has 1 aromatic carbocycles. The van der Waals surface area contributed by atoms with E-state index in [4.69, 9.17) is 67.7 Å². The van der Waals surface area contributed by atoms with Crippen LogP contribution >= 0.6 is 0 Å². The smallest absolute Gasteiger partial charge is 0.163 e. The van der Waals surface area contributed by atoms with Gasteiger partial charge in [0.1, 0.15) is 13.2 Å². The summed E-state index contributed by atoms with van der Waals surface area (Å²) in [6.07, 6.45) is 7.76. The number of H-pyrrole nitrogens is 1. The zero-order chi connectivity index (χ0) is 48.4. The van der Waals surface area contributed by atoms with Gasteiger partial charge < -0.3 is 63.0 Å².